The monoisotopic (exact) mass is 526 g/mol. The van der Waals surface area contributed by atoms with Crippen LogP contribution in [0.1, 0.15) is 43.5 Å². The number of nitrogens with zero attached hydrogens (tertiary/aromatic N) is 4. The first-order valence-electron chi connectivity index (χ1n) is 11.8. The van der Waals surface area contributed by atoms with Gasteiger partial charge in [0.2, 0.25) is 5.95 Å². The number of ketones is 1. The molecule has 0 radical (unpaired) electrons. The predicted molar refractivity (Wildman–Crippen MR) is 149 cm³/mol. The molecule has 0 spiro atoms. The molecule has 2 aromatic carbocycles. The van der Waals surface area contributed by atoms with Gasteiger partial charge in [0.25, 0.3) is 0 Å². The van der Waals surface area contributed by atoms with Crippen molar-refractivity contribution >= 4 is 35.1 Å². The van der Waals surface area contributed by atoms with Crippen molar-refractivity contribution < 1.29 is 14.3 Å². The molecular weight excluding hydrogens is 500 g/mol. The minimum atomic E-state index is -0.262. The zero-order valence-corrected chi connectivity index (χ0v) is 21.7. The number of thiophene rings is 1. The van der Waals surface area contributed by atoms with E-state index in [9.17, 15) is 4.79 Å². The lowest BCUT2D eigenvalue weighted by Gasteiger charge is -2.30. The van der Waals surface area contributed by atoms with Crippen molar-refractivity contribution in [1.82, 2.24) is 15.0 Å². The van der Waals surface area contributed by atoms with Crippen molar-refractivity contribution in [2.75, 3.05) is 25.7 Å². The van der Waals surface area contributed by atoms with Gasteiger partial charge in [-0.05, 0) is 34.7 Å². The Morgan fingerprint density at radius 1 is 1.13 bits per heavy atom. The molecule has 4 N–H and O–H groups in total. The SMILES string of the molecule is COc1cc(Cc2cnc(N)nc2N)cc(C(=O)/C=C/N2N=Cc3ccccc3C2c2cccs2)c1OC. The van der Waals surface area contributed by atoms with Crippen molar-refractivity contribution in [3.8, 4) is 11.5 Å². The Morgan fingerprint density at radius 2 is 1.97 bits per heavy atom. The van der Waals surface area contributed by atoms with Crippen molar-refractivity contribution in [2.45, 2.75) is 12.5 Å². The Morgan fingerprint density at radius 3 is 2.71 bits per heavy atom. The average Bonchev–Trinajstić information content (AvgIpc) is 3.47. The third-order valence-electron chi connectivity index (χ3n) is 6.19. The normalized spacial score (nSPS) is 14.5. The number of ether oxygens (including phenoxy) is 2. The third-order valence-corrected chi connectivity index (χ3v) is 7.12. The van der Waals surface area contributed by atoms with Crippen molar-refractivity contribution in [2.24, 2.45) is 5.10 Å². The molecule has 2 aromatic heterocycles. The lowest BCUT2D eigenvalue weighted by Crippen LogP contribution is -2.24. The first-order chi connectivity index (χ1) is 18.5. The van der Waals surface area contributed by atoms with Crippen LogP contribution >= 0.6 is 11.3 Å². The van der Waals surface area contributed by atoms with E-state index < -0.39 is 0 Å². The molecule has 0 aliphatic carbocycles. The van der Waals surface area contributed by atoms with E-state index in [0.29, 0.717) is 29.0 Å². The van der Waals surface area contributed by atoms with E-state index in [1.54, 1.807) is 47.1 Å². The molecule has 1 aliphatic heterocycles. The summed E-state index contributed by atoms with van der Waals surface area (Å²) in [6.45, 7) is 0. The van der Waals surface area contributed by atoms with Gasteiger partial charge in [-0.1, -0.05) is 30.3 Å². The average molecular weight is 527 g/mol. The van der Waals surface area contributed by atoms with Crippen LogP contribution in [0.4, 0.5) is 11.8 Å². The fourth-order valence-corrected chi connectivity index (χ4v) is 5.24. The molecule has 0 fully saturated rings. The zero-order valence-electron chi connectivity index (χ0n) is 20.9. The van der Waals surface area contributed by atoms with Gasteiger partial charge in [0.1, 0.15) is 11.9 Å². The lowest BCUT2D eigenvalue weighted by molar-refractivity contribution is 0.104. The number of carbonyl (C=O) groups excluding carboxylic acids is 1. The highest BCUT2D eigenvalue weighted by Crippen LogP contribution is 2.37. The van der Waals surface area contributed by atoms with Crippen LogP contribution in [0.3, 0.4) is 0 Å². The smallest absolute Gasteiger partial charge is 0.221 e. The summed E-state index contributed by atoms with van der Waals surface area (Å²) >= 11 is 1.64. The number of nitrogens with two attached hydrogens (primary N) is 2. The van der Waals surface area contributed by atoms with E-state index in [4.69, 9.17) is 20.9 Å². The molecule has 10 heteroatoms. The van der Waals surface area contributed by atoms with E-state index in [-0.39, 0.29) is 23.6 Å². The van der Waals surface area contributed by atoms with Crippen LogP contribution in [0, 0.1) is 0 Å². The number of anilines is 2. The van der Waals surface area contributed by atoms with Gasteiger partial charge in [-0.15, -0.1) is 11.3 Å². The number of hydrazone groups is 1. The minimum Gasteiger partial charge on any atom is -0.493 e. The quantitative estimate of drug-likeness (QED) is 0.255. The molecule has 0 saturated heterocycles. The number of allylic oxidation sites excluding steroid dienone is 1. The van der Waals surface area contributed by atoms with Gasteiger partial charge in [0, 0.05) is 40.9 Å². The van der Waals surface area contributed by atoms with Gasteiger partial charge in [-0.25, -0.2) is 4.98 Å². The standard InChI is InChI=1S/C28H26N6O3S/c1-36-23-14-17(12-19-15-31-28(30)33-27(19)29)13-21(26(23)37-2)22(35)9-10-34-25(24-8-5-11-38-24)20-7-4-3-6-18(20)16-32-34/h3-11,13-16,25H,12H2,1-2H3,(H4,29,30,31,33)/b10-9+. The maximum Gasteiger partial charge on any atom is 0.221 e. The molecule has 0 saturated carbocycles. The number of aromatic nitrogens is 2. The van der Waals surface area contributed by atoms with Crippen molar-refractivity contribution in [1.29, 1.82) is 0 Å². The first kappa shape index (κ1) is 25.0. The number of benzene rings is 2. The number of carbonyl (C=O) groups is 1. The molecule has 1 aliphatic rings. The summed E-state index contributed by atoms with van der Waals surface area (Å²) in [6.07, 6.45) is 6.95. The summed E-state index contributed by atoms with van der Waals surface area (Å²) in [4.78, 5) is 22.7. The van der Waals surface area contributed by atoms with Gasteiger partial charge in [0.15, 0.2) is 17.3 Å². The van der Waals surface area contributed by atoms with Gasteiger partial charge in [-0.2, -0.15) is 10.1 Å². The minimum absolute atomic E-state index is 0.100. The molecular formula is C28H26N6O3S. The third kappa shape index (κ3) is 4.94. The van der Waals surface area contributed by atoms with E-state index in [1.165, 1.54) is 20.3 Å². The summed E-state index contributed by atoms with van der Waals surface area (Å²) in [6, 6.07) is 15.6. The number of fused-ring (bicyclic) bond motifs is 1. The van der Waals surface area contributed by atoms with Gasteiger partial charge in [0.05, 0.1) is 26.0 Å². The van der Waals surface area contributed by atoms with E-state index in [0.717, 1.165) is 21.6 Å². The molecule has 9 nitrogen and oxygen atoms in total. The Balaban J connectivity index is 1.48. The highest BCUT2D eigenvalue weighted by molar-refractivity contribution is 7.10. The maximum atomic E-state index is 13.5. The van der Waals surface area contributed by atoms with Crippen LogP contribution in [-0.2, 0) is 6.42 Å². The molecule has 1 unspecified atom stereocenters. The van der Waals surface area contributed by atoms with Crippen LogP contribution in [-0.4, -0.2) is 41.2 Å². The summed E-state index contributed by atoms with van der Waals surface area (Å²) in [7, 11) is 3.03. The second-order valence-electron chi connectivity index (χ2n) is 8.55. The molecule has 4 aromatic rings. The van der Waals surface area contributed by atoms with E-state index in [1.807, 2.05) is 29.6 Å². The highest BCUT2D eigenvalue weighted by atomic mass is 32.1. The second-order valence-corrected chi connectivity index (χ2v) is 9.53. The largest absolute Gasteiger partial charge is 0.493 e. The fraction of sp³-hybridized carbons (Fsp3) is 0.143. The second kappa shape index (κ2) is 10.7. The molecule has 1 atom stereocenters. The molecule has 5 rings (SSSR count). The Bertz CT molecular complexity index is 1530. The molecule has 192 valence electrons. The number of hydrogen-bond donors (Lipinski definition) is 2. The summed E-state index contributed by atoms with van der Waals surface area (Å²) in [5.41, 5.74) is 15.6. The predicted octanol–water partition coefficient (Wildman–Crippen LogP) is 4.45. The van der Waals surface area contributed by atoms with Crippen LogP contribution in [0.15, 0.2) is 77.5 Å². The van der Waals surface area contributed by atoms with Crippen LogP contribution in [0.2, 0.25) is 0 Å². The maximum absolute atomic E-state index is 13.5. The first-order valence-corrected chi connectivity index (χ1v) is 12.7. The molecule has 38 heavy (non-hydrogen) atoms. The zero-order chi connectivity index (χ0) is 26.6. The fourth-order valence-electron chi connectivity index (χ4n) is 4.40. The molecule has 0 bridgehead atoms. The molecule has 3 heterocycles. The Labute approximate surface area is 224 Å². The number of hydrogen-bond acceptors (Lipinski definition) is 10. The van der Waals surface area contributed by atoms with Crippen LogP contribution < -0.4 is 20.9 Å². The van der Waals surface area contributed by atoms with E-state index in [2.05, 4.69) is 27.2 Å². The summed E-state index contributed by atoms with van der Waals surface area (Å²) in [5, 5.41) is 8.45. The van der Waals surface area contributed by atoms with Crippen LogP contribution in [0.25, 0.3) is 0 Å². The lowest BCUT2D eigenvalue weighted by atomic mass is 9.98. The topological polar surface area (TPSA) is 129 Å². The Kier molecular flexibility index (Phi) is 7.05. The van der Waals surface area contributed by atoms with Crippen LogP contribution in [0.5, 0.6) is 11.5 Å². The summed E-state index contributed by atoms with van der Waals surface area (Å²) < 4.78 is 11.1. The van der Waals surface area contributed by atoms with Crippen molar-refractivity contribution in [3.05, 3.63) is 105 Å². The Hall–Kier alpha value is -4.70. The number of rotatable bonds is 8. The van der Waals surface area contributed by atoms with E-state index >= 15 is 0 Å². The highest BCUT2D eigenvalue weighted by Gasteiger charge is 2.26. The van der Waals surface area contributed by atoms with Gasteiger partial charge >= 0.3 is 0 Å². The number of nitrogen functional groups attached to an aromatic ring is 2. The van der Waals surface area contributed by atoms with Gasteiger partial charge in [-0.3, -0.25) is 9.80 Å². The van der Waals surface area contributed by atoms with Crippen molar-refractivity contribution in [3.63, 3.8) is 0 Å². The molecule has 0 amide bonds. The van der Waals surface area contributed by atoms with Gasteiger partial charge < -0.3 is 20.9 Å². The number of methoxy groups -OCH3 is 2. The summed E-state index contributed by atoms with van der Waals surface area (Å²) in [5.74, 6) is 0.890.